The van der Waals surface area contributed by atoms with Crippen molar-refractivity contribution in [3.63, 3.8) is 0 Å². The van der Waals surface area contributed by atoms with Gasteiger partial charge in [0.2, 0.25) is 5.76 Å². The number of furan rings is 1. The van der Waals surface area contributed by atoms with Crippen LogP contribution >= 0.6 is 0 Å². The summed E-state index contributed by atoms with van der Waals surface area (Å²) >= 11 is 0. The van der Waals surface area contributed by atoms with Crippen molar-refractivity contribution < 1.29 is 18.8 Å². The number of carbonyl (C=O) groups is 2. The molecule has 1 heterocycles. The molecule has 0 saturated carbocycles. The van der Waals surface area contributed by atoms with E-state index in [2.05, 4.69) is 5.16 Å². The van der Waals surface area contributed by atoms with Gasteiger partial charge in [-0.25, -0.2) is 4.79 Å². The molecule has 0 atom stereocenters. The lowest BCUT2D eigenvalue weighted by molar-refractivity contribution is -0.111. The number of allylic oxidation sites excluding steroid dienone is 4. The van der Waals surface area contributed by atoms with Crippen molar-refractivity contribution in [2.75, 3.05) is 0 Å². The van der Waals surface area contributed by atoms with Crippen LogP contribution in [0.5, 0.6) is 0 Å². The lowest BCUT2D eigenvalue weighted by atomic mass is 9.90. The monoisotopic (exact) mass is 273 g/mol. The second-order valence-electron chi connectivity index (χ2n) is 4.78. The SMILES string of the molecule is CC1=CC(=O)C(C(C)C)=C/C1=N/OC(=O)c1ccco1. The van der Waals surface area contributed by atoms with Gasteiger partial charge in [0.05, 0.1) is 6.26 Å². The molecule has 1 aliphatic rings. The molecule has 5 heteroatoms. The zero-order valence-corrected chi connectivity index (χ0v) is 11.5. The maximum absolute atomic E-state index is 11.8. The van der Waals surface area contributed by atoms with E-state index in [1.54, 1.807) is 19.1 Å². The first kappa shape index (κ1) is 14.0. The van der Waals surface area contributed by atoms with Gasteiger partial charge in [-0.2, -0.15) is 0 Å². The Morgan fingerprint density at radius 1 is 1.35 bits per heavy atom. The number of hydrogen-bond donors (Lipinski definition) is 0. The first-order chi connectivity index (χ1) is 9.49. The van der Waals surface area contributed by atoms with Gasteiger partial charge in [0, 0.05) is 5.57 Å². The maximum atomic E-state index is 11.8. The number of carbonyl (C=O) groups excluding carboxylic acids is 2. The molecular weight excluding hydrogens is 258 g/mol. The van der Waals surface area contributed by atoms with E-state index >= 15 is 0 Å². The van der Waals surface area contributed by atoms with Crippen molar-refractivity contribution in [2.45, 2.75) is 20.8 Å². The number of rotatable bonds is 3. The van der Waals surface area contributed by atoms with Crippen LogP contribution in [0.2, 0.25) is 0 Å². The quantitative estimate of drug-likeness (QED) is 0.482. The van der Waals surface area contributed by atoms with Crippen LogP contribution in [-0.2, 0) is 9.63 Å². The summed E-state index contributed by atoms with van der Waals surface area (Å²) in [7, 11) is 0. The first-order valence-corrected chi connectivity index (χ1v) is 6.26. The van der Waals surface area contributed by atoms with E-state index in [9.17, 15) is 9.59 Å². The predicted molar refractivity (Wildman–Crippen MR) is 73.2 cm³/mol. The molecule has 0 fully saturated rings. The first-order valence-electron chi connectivity index (χ1n) is 6.26. The Balaban J connectivity index is 2.18. The van der Waals surface area contributed by atoms with E-state index in [1.807, 2.05) is 13.8 Å². The third-order valence-corrected chi connectivity index (χ3v) is 2.90. The molecule has 0 aromatic carbocycles. The van der Waals surface area contributed by atoms with Gasteiger partial charge in [-0.15, -0.1) is 0 Å². The summed E-state index contributed by atoms with van der Waals surface area (Å²) in [5, 5.41) is 3.80. The Labute approximate surface area is 116 Å². The molecule has 0 bridgehead atoms. The topological polar surface area (TPSA) is 68.9 Å². The minimum Gasteiger partial charge on any atom is -0.457 e. The average Bonchev–Trinajstić information content (AvgIpc) is 2.90. The molecule has 0 spiro atoms. The zero-order chi connectivity index (χ0) is 14.7. The van der Waals surface area contributed by atoms with Gasteiger partial charge in [-0.1, -0.05) is 19.0 Å². The van der Waals surface area contributed by atoms with Crippen molar-refractivity contribution in [3.05, 3.63) is 47.5 Å². The van der Waals surface area contributed by atoms with Crippen molar-refractivity contribution in [3.8, 4) is 0 Å². The van der Waals surface area contributed by atoms with E-state index in [4.69, 9.17) is 9.25 Å². The van der Waals surface area contributed by atoms with Crippen LogP contribution < -0.4 is 0 Å². The van der Waals surface area contributed by atoms with E-state index in [1.165, 1.54) is 18.4 Å². The van der Waals surface area contributed by atoms with Gasteiger partial charge in [0.1, 0.15) is 5.71 Å². The highest BCUT2D eigenvalue weighted by Crippen LogP contribution is 2.19. The molecule has 1 aromatic rings. The third kappa shape index (κ3) is 2.93. The summed E-state index contributed by atoms with van der Waals surface area (Å²) in [6, 6.07) is 3.08. The van der Waals surface area contributed by atoms with Gasteiger partial charge in [0.25, 0.3) is 0 Å². The molecule has 1 aromatic heterocycles. The minimum atomic E-state index is -0.674. The summed E-state index contributed by atoms with van der Waals surface area (Å²) in [5.74, 6) is -0.547. The molecule has 0 aliphatic heterocycles. The number of oxime groups is 1. The molecule has 1 aliphatic carbocycles. The standard InChI is InChI=1S/C15H15NO4/c1-9(2)11-8-12(10(3)7-13(11)17)16-20-15(18)14-5-4-6-19-14/h4-9H,1-3H3/b16-12-. The fourth-order valence-electron chi connectivity index (χ4n) is 1.77. The molecule has 0 saturated heterocycles. The van der Waals surface area contributed by atoms with E-state index in [0.717, 1.165) is 0 Å². The molecule has 0 unspecified atom stereocenters. The smallest absolute Gasteiger partial charge is 0.400 e. The van der Waals surface area contributed by atoms with Gasteiger partial charge >= 0.3 is 5.97 Å². The number of ketones is 1. The summed E-state index contributed by atoms with van der Waals surface area (Å²) in [5.41, 5.74) is 1.77. The van der Waals surface area contributed by atoms with E-state index in [0.29, 0.717) is 16.9 Å². The second-order valence-corrected chi connectivity index (χ2v) is 4.78. The highest BCUT2D eigenvalue weighted by molar-refractivity contribution is 6.21. The lowest BCUT2D eigenvalue weighted by Gasteiger charge is -2.14. The fourth-order valence-corrected chi connectivity index (χ4v) is 1.77. The third-order valence-electron chi connectivity index (χ3n) is 2.90. The molecule has 0 amide bonds. The summed E-state index contributed by atoms with van der Waals surface area (Å²) in [4.78, 5) is 28.2. The van der Waals surface area contributed by atoms with Crippen LogP contribution in [0.1, 0.15) is 31.3 Å². The molecule has 0 radical (unpaired) electrons. The van der Waals surface area contributed by atoms with Gasteiger partial charge < -0.3 is 9.25 Å². The number of hydrogen-bond acceptors (Lipinski definition) is 5. The molecule has 5 nitrogen and oxygen atoms in total. The van der Waals surface area contributed by atoms with E-state index in [-0.39, 0.29) is 17.5 Å². The summed E-state index contributed by atoms with van der Waals surface area (Å²) in [6.45, 7) is 5.58. The molecule has 104 valence electrons. The Kier molecular flexibility index (Phi) is 3.98. The molecular formula is C15H15NO4. The molecule has 20 heavy (non-hydrogen) atoms. The Hall–Kier alpha value is -2.43. The Bertz CT molecular complexity index is 618. The molecule has 0 N–H and O–H groups in total. The second kappa shape index (κ2) is 5.69. The fraction of sp³-hybridized carbons (Fsp3) is 0.267. The summed E-state index contributed by atoms with van der Waals surface area (Å²) in [6.07, 6.45) is 4.53. The van der Waals surface area contributed by atoms with Crippen molar-refractivity contribution >= 4 is 17.5 Å². The van der Waals surface area contributed by atoms with Crippen LogP contribution in [0.3, 0.4) is 0 Å². The minimum absolute atomic E-state index is 0.0335. The van der Waals surface area contributed by atoms with Gasteiger partial charge in [-0.3, -0.25) is 4.79 Å². The van der Waals surface area contributed by atoms with Gasteiger partial charge in [-0.05, 0) is 42.7 Å². The van der Waals surface area contributed by atoms with E-state index < -0.39 is 5.97 Å². The highest BCUT2D eigenvalue weighted by Gasteiger charge is 2.19. The Morgan fingerprint density at radius 3 is 2.70 bits per heavy atom. The summed E-state index contributed by atoms with van der Waals surface area (Å²) < 4.78 is 4.91. The number of nitrogens with zero attached hydrogens (tertiary/aromatic N) is 1. The predicted octanol–water partition coefficient (Wildman–Crippen LogP) is 2.90. The molecule has 2 rings (SSSR count). The maximum Gasteiger partial charge on any atom is 0.400 e. The highest BCUT2D eigenvalue weighted by atomic mass is 16.7. The van der Waals surface area contributed by atoms with Crippen LogP contribution in [0.4, 0.5) is 0 Å². The lowest BCUT2D eigenvalue weighted by Crippen LogP contribution is -2.16. The average molecular weight is 273 g/mol. The van der Waals surface area contributed by atoms with Crippen LogP contribution in [-0.4, -0.2) is 17.5 Å². The van der Waals surface area contributed by atoms with Crippen molar-refractivity contribution in [1.29, 1.82) is 0 Å². The van der Waals surface area contributed by atoms with Crippen LogP contribution in [0.15, 0.2) is 51.3 Å². The van der Waals surface area contributed by atoms with Crippen LogP contribution in [0.25, 0.3) is 0 Å². The Morgan fingerprint density at radius 2 is 2.10 bits per heavy atom. The van der Waals surface area contributed by atoms with Crippen molar-refractivity contribution in [1.82, 2.24) is 0 Å². The van der Waals surface area contributed by atoms with Crippen molar-refractivity contribution in [2.24, 2.45) is 11.1 Å². The largest absolute Gasteiger partial charge is 0.457 e. The normalized spacial score (nSPS) is 17.2. The zero-order valence-electron chi connectivity index (χ0n) is 11.5. The van der Waals surface area contributed by atoms with Gasteiger partial charge in [0.15, 0.2) is 5.78 Å². The van der Waals surface area contributed by atoms with Crippen LogP contribution in [0, 0.1) is 5.92 Å².